The number of amides is 1. The van der Waals surface area contributed by atoms with E-state index in [1.165, 1.54) is 0 Å². The summed E-state index contributed by atoms with van der Waals surface area (Å²) in [4.78, 5) is 12.4. The largest absolute Gasteiger partial charge is 0.493 e. The fraction of sp³-hybridized carbons (Fsp3) is 0.158. The minimum Gasteiger partial charge on any atom is -0.493 e. The molecule has 0 atom stereocenters. The third-order valence-electron chi connectivity index (χ3n) is 3.97. The van der Waals surface area contributed by atoms with Gasteiger partial charge in [-0.3, -0.25) is 4.79 Å². The number of ether oxygens (including phenoxy) is 2. The molecule has 6 heteroatoms. The van der Waals surface area contributed by atoms with Gasteiger partial charge in [0.25, 0.3) is 5.91 Å². The third-order valence-corrected chi connectivity index (χ3v) is 3.97. The average Bonchev–Trinajstić information content (AvgIpc) is 2.98. The van der Waals surface area contributed by atoms with Crippen LogP contribution >= 0.6 is 0 Å². The summed E-state index contributed by atoms with van der Waals surface area (Å²) in [6.45, 7) is 0. The molecule has 0 unspecified atom stereocenters. The number of rotatable bonds is 5. The summed E-state index contributed by atoms with van der Waals surface area (Å²) in [5.74, 6) is 0.973. The standard InChI is InChI=1S/C19H19N3O3/c1-22-15-7-5-4-6-14(15)11-16(22)19(23)21-20-12-13-8-9-17(24-2)18(10-13)25-3/h4-12H,1-3H3,(H,21,23)/b20-12+. The van der Waals surface area contributed by atoms with Crippen LogP contribution in [0.4, 0.5) is 0 Å². The maximum absolute atomic E-state index is 12.4. The molecule has 0 aliphatic heterocycles. The summed E-state index contributed by atoms with van der Waals surface area (Å²) in [5.41, 5.74) is 4.88. The van der Waals surface area contributed by atoms with Crippen molar-refractivity contribution in [2.45, 2.75) is 0 Å². The zero-order chi connectivity index (χ0) is 17.8. The van der Waals surface area contributed by atoms with Crippen molar-refractivity contribution in [1.29, 1.82) is 0 Å². The Hall–Kier alpha value is -3.28. The topological polar surface area (TPSA) is 64.8 Å². The van der Waals surface area contributed by atoms with Crippen molar-refractivity contribution in [1.82, 2.24) is 9.99 Å². The normalized spacial score (nSPS) is 11.0. The van der Waals surface area contributed by atoms with Crippen LogP contribution in [0.25, 0.3) is 10.9 Å². The predicted octanol–water partition coefficient (Wildman–Crippen LogP) is 2.96. The van der Waals surface area contributed by atoms with Crippen molar-refractivity contribution in [3.63, 3.8) is 0 Å². The molecule has 0 fully saturated rings. The van der Waals surface area contributed by atoms with Crippen molar-refractivity contribution in [2.24, 2.45) is 12.1 Å². The van der Waals surface area contributed by atoms with Gasteiger partial charge in [0, 0.05) is 18.0 Å². The lowest BCUT2D eigenvalue weighted by atomic mass is 10.2. The highest BCUT2D eigenvalue weighted by atomic mass is 16.5. The summed E-state index contributed by atoms with van der Waals surface area (Å²) >= 11 is 0. The highest BCUT2D eigenvalue weighted by molar-refractivity contribution is 5.99. The van der Waals surface area contributed by atoms with Crippen LogP contribution in [0, 0.1) is 0 Å². The van der Waals surface area contributed by atoms with Crippen molar-refractivity contribution >= 4 is 23.0 Å². The van der Waals surface area contributed by atoms with Crippen molar-refractivity contribution in [3.8, 4) is 11.5 Å². The minimum absolute atomic E-state index is 0.268. The number of aryl methyl sites for hydroxylation is 1. The van der Waals surface area contributed by atoms with E-state index in [-0.39, 0.29) is 5.91 Å². The Balaban J connectivity index is 1.75. The summed E-state index contributed by atoms with van der Waals surface area (Å²) in [7, 11) is 5.01. The Kier molecular flexibility index (Phi) is 4.70. The molecule has 128 valence electrons. The SMILES string of the molecule is COc1ccc(/C=N/NC(=O)c2cc3ccccc3n2C)cc1OC. The third kappa shape index (κ3) is 3.33. The zero-order valence-electron chi connectivity index (χ0n) is 14.3. The molecule has 0 saturated heterocycles. The molecular weight excluding hydrogens is 318 g/mol. The van der Waals surface area contributed by atoms with Crippen LogP contribution in [0.5, 0.6) is 11.5 Å². The molecule has 6 nitrogen and oxygen atoms in total. The lowest BCUT2D eigenvalue weighted by molar-refractivity contribution is 0.0947. The van der Waals surface area contributed by atoms with Crippen LogP contribution in [-0.2, 0) is 7.05 Å². The van der Waals surface area contributed by atoms with Crippen molar-refractivity contribution < 1.29 is 14.3 Å². The van der Waals surface area contributed by atoms with Gasteiger partial charge in [-0.05, 0) is 35.9 Å². The van der Waals surface area contributed by atoms with Crippen LogP contribution in [-0.4, -0.2) is 30.9 Å². The van der Waals surface area contributed by atoms with Crippen molar-refractivity contribution in [3.05, 3.63) is 59.8 Å². The first-order valence-electron chi connectivity index (χ1n) is 7.74. The fourth-order valence-corrected chi connectivity index (χ4v) is 2.66. The first kappa shape index (κ1) is 16.6. The Bertz CT molecular complexity index is 944. The second-order valence-corrected chi connectivity index (χ2v) is 5.46. The van der Waals surface area contributed by atoms with Gasteiger partial charge in [-0.15, -0.1) is 0 Å². The van der Waals surface area contributed by atoms with E-state index in [2.05, 4.69) is 10.5 Å². The summed E-state index contributed by atoms with van der Waals surface area (Å²) in [6.07, 6.45) is 1.56. The molecule has 0 bridgehead atoms. The molecule has 0 radical (unpaired) electrons. The number of hydrogen-bond acceptors (Lipinski definition) is 4. The maximum atomic E-state index is 12.4. The van der Waals surface area contributed by atoms with Gasteiger partial charge < -0.3 is 14.0 Å². The number of nitrogens with zero attached hydrogens (tertiary/aromatic N) is 2. The van der Waals surface area contributed by atoms with E-state index in [0.717, 1.165) is 16.5 Å². The van der Waals surface area contributed by atoms with Gasteiger partial charge in [0.15, 0.2) is 11.5 Å². The van der Waals surface area contributed by atoms with E-state index in [1.807, 2.05) is 48.0 Å². The van der Waals surface area contributed by atoms with Crippen LogP contribution in [0.3, 0.4) is 0 Å². The molecule has 0 aliphatic carbocycles. The zero-order valence-corrected chi connectivity index (χ0v) is 14.3. The average molecular weight is 337 g/mol. The first-order valence-corrected chi connectivity index (χ1v) is 7.74. The molecule has 1 N–H and O–H groups in total. The molecule has 3 aromatic rings. The van der Waals surface area contributed by atoms with Crippen LogP contribution in [0.1, 0.15) is 16.1 Å². The van der Waals surface area contributed by atoms with E-state index in [9.17, 15) is 4.79 Å². The van der Waals surface area contributed by atoms with Gasteiger partial charge in [0.1, 0.15) is 5.69 Å². The fourth-order valence-electron chi connectivity index (χ4n) is 2.66. The first-order chi connectivity index (χ1) is 12.1. The van der Waals surface area contributed by atoms with Gasteiger partial charge in [0.05, 0.1) is 20.4 Å². The van der Waals surface area contributed by atoms with Gasteiger partial charge in [-0.25, -0.2) is 5.43 Å². The molecule has 3 rings (SSSR count). The van der Waals surface area contributed by atoms with E-state index in [1.54, 1.807) is 32.6 Å². The number of carbonyl (C=O) groups excluding carboxylic acids is 1. The van der Waals surface area contributed by atoms with E-state index < -0.39 is 0 Å². The second-order valence-electron chi connectivity index (χ2n) is 5.46. The second kappa shape index (κ2) is 7.09. The molecule has 0 aliphatic rings. The summed E-state index contributed by atoms with van der Waals surface area (Å²) in [5, 5.41) is 5.04. The van der Waals surface area contributed by atoms with E-state index >= 15 is 0 Å². The number of benzene rings is 2. The highest BCUT2D eigenvalue weighted by Crippen LogP contribution is 2.26. The molecular formula is C19H19N3O3. The quantitative estimate of drug-likeness (QED) is 0.575. The number of nitrogens with one attached hydrogen (secondary N) is 1. The Labute approximate surface area is 145 Å². The number of para-hydroxylation sites is 1. The van der Waals surface area contributed by atoms with Gasteiger partial charge >= 0.3 is 0 Å². The summed E-state index contributed by atoms with van der Waals surface area (Å²) in [6, 6.07) is 15.1. The lowest BCUT2D eigenvalue weighted by Crippen LogP contribution is -2.20. The Morgan fingerprint density at radius 2 is 1.84 bits per heavy atom. The van der Waals surface area contributed by atoms with Gasteiger partial charge in [-0.2, -0.15) is 5.10 Å². The van der Waals surface area contributed by atoms with Crippen LogP contribution in [0.15, 0.2) is 53.6 Å². The van der Waals surface area contributed by atoms with Crippen molar-refractivity contribution in [2.75, 3.05) is 14.2 Å². The number of carbonyl (C=O) groups is 1. The van der Waals surface area contributed by atoms with Crippen LogP contribution < -0.4 is 14.9 Å². The number of aromatic nitrogens is 1. The van der Waals surface area contributed by atoms with Crippen LogP contribution in [0.2, 0.25) is 0 Å². The predicted molar refractivity (Wildman–Crippen MR) is 97.5 cm³/mol. The number of fused-ring (bicyclic) bond motifs is 1. The molecule has 2 aromatic carbocycles. The van der Waals surface area contributed by atoms with Gasteiger partial charge in [-0.1, -0.05) is 18.2 Å². The Morgan fingerprint density at radius 1 is 1.08 bits per heavy atom. The number of hydrazone groups is 1. The molecule has 1 aromatic heterocycles. The summed E-state index contributed by atoms with van der Waals surface area (Å²) < 4.78 is 12.3. The van der Waals surface area contributed by atoms with Gasteiger partial charge in [0.2, 0.25) is 0 Å². The Morgan fingerprint density at radius 3 is 2.56 bits per heavy atom. The number of hydrogen-bond donors (Lipinski definition) is 1. The highest BCUT2D eigenvalue weighted by Gasteiger charge is 2.12. The molecule has 1 heterocycles. The van der Waals surface area contributed by atoms with E-state index in [0.29, 0.717) is 17.2 Å². The lowest BCUT2D eigenvalue weighted by Gasteiger charge is -2.07. The molecule has 0 spiro atoms. The molecule has 1 amide bonds. The smallest absolute Gasteiger partial charge is 0.287 e. The van der Waals surface area contributed by atoms with E-state index in [4.69, 9.17) is 9.47 Å². The minimum atomic E-state index is -0.268. The molecule has 0 saturated carbocycles. The monoisotopic (exact) mass is 337 g/mol. The maximum Gasteiger partial charge on any atom is 0.287 e. The molecule has 25 heavy (non-hydrogen) atoms. The number of methoxy groups -OCH3 is 2.